The molecular formula is H2BKO2. The molecule has 0 heterocycles. The van der Waals surface area contributed by atoms with Gasteiger partial charge in [-0.1, -0.05) is 0 Å². The third kappa shape index (κ3) is 10.3. The summed E-state index contributed by atoms with van der Waals surface area (Å²) in [6.07, 6.45) is 0. The smallest absolute Gasteiger partial charge is 1.00 e. The average molecular weight is 83.9 g/mol. The van der Waals surface area contributed by atoms with Crippen LogP contribution in [0.2, 0.25) is 0 Å². The summed E-state index contributed by atoms with van der Waals surface area (Å²) in [5.41, 5.74) is 0. The molecule has 0 bridgehead atoms. The zero-order valence-electron chi connectivity index (χ0n) is 3.43. The standard InChI is InChI=1S/BHO2.K.H/c2-1-3;;/h2H;;/q;+1;-1. The maximum Gasteiger partial charge on any atom is 1.00 e. The van der Waals surface area contributed by atoms with Crippen LogP contribution in [0.5, 0.6) is 0 Å². The van der Waals surface area contributed by atoms with Gasteiger partial charge in [0.15, 0.2) is 0 Å². The van der Waals surface area contributed by atoms with E-state index < -0.39 is 0 Å². The molecule has 0 radical (unpaired) electrons. The van der Waals surface area contributed by atoms with Crippen molar-refractivity contribution < 1.29 is 62.5 Å². The monoisotopic (exact) mass is 84.0 g/mol. The van der Waals surface area contributed by atoms with Crippen LogP contribution in [0.4, 0.5) is 0 Å². The van der Waals surface area contributed by atoms with Gasteiger partial charge < -0.3 is 1.43 Å². The fourth-order valence-electron chi connectivity index (χ4n) is 0. The van der Waals surface area contributed by atoms with Gasteiger partial charge in [-0.3, -0.25) is 0 Å². The van der Waals surface area contributed by atoms with Crippen LogP contribution < -0.4 is 51.4 Å². The third-order valence-corrected chi connectivity index (χ3v) is 0. The summed E-state index contributed by atoms with van der Waals surface area (Å²) in [6, 6.07) is 0. The molecule has 4 heteroatoms. The van der Waals surface area contributed by atoms with Gasteiger partial charge >= 0.3 is 68.5 Å². The van der Waals surface area contributed by atoms with Gasteiger partial charge in [0.25, 0.3) is 0 Å². The van der Waals surface area contributed by atoms with E-state index in [0.717, 1.165) is 0 Å². The Hall–Kier alpha value is 1.30. The van der Waals surface area contributed by atoms with Crippen LogP contribution >= 0.6 is 0 Å². The summed E-state index contributed by atoms with van der Waals surface area (Å²) in [5.74, 6) is 0. The van der Waals surface area contributed by atoms with E-state index in [0.29, 0.717) is 0 Å². The topological polar surface area (TPSA) is 37.3 Å². The van der Waals surface area contributed by atoms with Crippen LogP contribution in [0.3, 0.4) is 0 Å². The molecule has 18 valence electrons. The van der Waals surface area contributed by atoms with E-state index in [1.807, 2.05) is 0 Å². The largest absolute Gasteiger partial charge is 1.00 e. The van der Waals surface area contributed by atoms with Gasteiger partial charge in [0.05, 0.1) is 0 Å². The Labute approximate surface area is 68.8 Å². The van der Waals surface area contributed by atoms with Gasteiger partial charge in [-0.2, -0.15) is 0 Å². The minimum Gasteiger partial charge on any atom is -1.00 e. The SMILES string of the molecule is O=BO.[H-].[K+]. The summed E-state index contributed by atoms with van der Waals surface area (Å²) in [4.78, 5) is 0. The minimum atomic E-state index is -0.250. The molecule has 0 amide bonds. The Bertz CT molecular complexity index is 17.1. The van der Waals surface area contributed by atoms with Gasteiger partial charge in [0, 0.05) is 0 Å². The summed E-state index contributed by atoms with van der Waals surface area (Å²) in [5, 5.41) is 6.89. The van der Waals surface area contributed by atoms with Crippen LogP contribution in [0, 0.1) is 0 Å². The Morgan fingerprint density at radius 1 is 2.00 bits per heavy atom. The van der Waals surface area contributed by atoms with Crippen molar-refractivity contribution in [1.29, 1.82) is 0 Å². The molecular weight excluding hydrogens is 81.9 g/mol. The maximum absolute atomic E-state index is 8.36. The van der Waals surface area contributed by atoms with Crippen molar-refractivity contribution in [3.05, 3.63) is 0 Å². The van der Waals surface area contributed by atoms with Crippen molar-refractivity contribution in [3.8, 4) is 0 Å². The van der Waals surface area contributed by atoms with E-state index in [9.17, 15) is 0 Å². The van der Waals surface area contributed by atoms with Crippen molar-refractivity contribution in [2.24, 2.45) is 0 Å². The Balaban J connectivity index is -0.0000000200. The Kier molecular flexibility index (Phi) is 19.9. The fraction of sp³-hybridized carbons (Fsp3) is 0. The van der Waals surface area contributed by atoms with Crippen LogP contribution in [-0.2, 0) is 4.70 Å². The van der Waals surface area contributed by atoms with Gasteiger partial charge in [-0.15, -0.1) is 0 Å². The van der Waals surface area contributed by atoms with Crippen LogP contribution in [0.15, 0.2) is 0 Å². The first-order valence-electron chi connectivity index (χ1n) is 0.494. The van der Waals surface area contributed by atoms with E-state index in [4.69, 9.17) is 9.73 Å². The molecule has 0 aromatic carbocycles. The second kappa shape index (κ2) is 8.85. The van der Waals surface area contributed by atoms with Gasteiger partial charge in [-0.05, 0) is 0 Å². The van der Waals surface area contributed by atoms with Crippen molar-refractivity contribution in [2.45, 2.75) is 0 Å². The minimum absolute atomic E-state index is 0. The van der Waals surface area contributed by atoms with E-state index >= 15 is 0 Å². The molecule has 0 aliphatic carbocycles. The summed E-state index contributed by atoms with van der Waals surface area (Å²) >= 11 is 0. The zero-order valence-corrected chi connectivity index (χ0v) is 5.56. The zero-order chi connectivity index (χ0) is 2.71. The fourth-order valence-corrected chi connectivity index (χ4v) is 0. The molecule has 0 unspecified atom stereocenters. The predicted octanol–water partition coefficient (Wildman–Crippen LogP) is -3.94. The van der Waals surface area contributed by atoms with Crippen molar-refractivity contribution in [2.75, 3.05) is 0 Å². The first kappa shape index (κ1) is 9.00. The van der Waals surface area contributed by atoms with E-state index in [1.165, 1.54) is 0 Å². The molecule has 4 heavy (non-hydrogen) atoms. The third-order valence-electron chi connectivity index (χ3n) is 0. The molecule has 0 saturated carbocycles. The Morgan fingerprint density at radius 2 is 2.00 bits per heavy atom. The van der Waals surface area contributed by atoms with E-state index in [2.05, 4.69) is 0 Å². The van der Waals surface area contributed by atoms with Crippen molar-refractivity contribution >= 4 is 7.35 Å². The number of hydrogen-bond donors (Lipinski definition) is 1. The van der Waals surface area contributed by atoms with Crippen LogP contribution in [-0.4, -0.2) is 12.4 Å². The van der Waals surface area contributed by atoms with Crippen molar-refractivity contribution in [3.63, 3.8) is 0 Å². The predicted molar refractivity (Wildman–Crippen MR) is 9.77 cm³/mol. The molecule has 1 N–H and O–H groups in total. The average Bonchev–Trinajstić information content (AvgIpc) is 0.918. The van der Waals surface area contributed by atoms with Crippen molar-refractivity contribution in [1.82, 2.24) is 0 Å². The van der Waals surface area contributed by atoms with E-state index in [1.54, 1.807) is 0 Å². The molecule has 0 aromatic heterocycles. The molecule has 0 aliphatic rings. The molecule has 0 aromatic rings. The molecule has 0 rings (SSSR count). The van der Waals surface area contributed by atoms with E-state index in [-0.39, 0.29) is 60.2 Å². The van der Waals surface area contributed by atoms with Gasteiger partial charge in [-0.25, -0.2) is 0 Å². The quantitative estimate of drug-likeness (QED) is 0.304. The molecule has 0 spiro atoms. The first-order chi connectivity index (χ1) is 1.41. The van der Waals surface area contributed by atoms with Crippen LogP contribution in [0.1, 0.15) is 1.43 Å². The second-order valence-electron chi connectivity index (χ2n) is 0.105. The molecule has 0 fully saturated rings. The first-order valence-corrected chi connectivity index (χ1v) is 0.494. The van der Waals surface area contributed by atoms with Gasteiger partial charge in [0.2, 0.25) is 0 Å². The normalized spacial score (nSPS) is 2.00. The summed E-state index contributed by atoms with van der Waals surface area (Å²) in [6.45, 7) is 0. The Morgan fingerprint density at radius 3 is 2.00 bits per heavy atom. The summed E-state index contributed by atoms with van der Waals surface area (Å²) < 4.78 is 8.36. The number of hydrogen-bond acceptors (Lipinski definition) is 1. The summed E-state index contributed by atoms with van der Waals surface area (Å²) in [7, 11) is -0.250. The molecule has 0 saturated heterocycles. The second-order valence-corrected chi connectivity index (χ2v) is 0.105. The maximum atomic E-state index is 8.36. The molecule has 2 nitrogen and oxygen atoms in total. The van der Waals surface area contributed by atoms with Gasteiger partial charge in [0.1, 0.15) is 0 Å². The molecule has 0 aliphatic heterocycles. The number of rotatable bonds is 0. The van der Waals surface area contributed by atoms with Crippen LogP contribution in [0.25, 0.3) is 0 Å². The molecule has 0 atom stereocenters.